The van der Waals surface area contributed by atoms with Crippen LogP contribution in [0.25, 0.3) is 11.0 Å². The summed E-state index contributed by atoms with van der Waals surface area (Å²) in [5.74, 6) is 0. The Kier molecular flexibility index (Phi) is 4.66. The highest BCUT2D eigenvalue weighted by Gasteiger charge is 2.15. The molecule has 6 nitrogen and oxygen atoms in total. The monoisotopic (exact) mass is 369 g/mol. The second-order valence-electron chi connectivity index (χ2n) is 6.04. The third-order valence-electron chi connectivity index (χ3n) is 4.45. The van der Waals surface area contributed by atoms with E-state index in [2.05, 4.69) is 5.10 Å². The van der Waals surface area contributed by atoms with Gasteiger partial charge in [-0.2, -0.15) is 10.4 Å². The molecule has 0 aliphatic carbocycles. The van der Waals surface area contributed by atoms with Crippen LogP contribution in [0.2, 0.25) is 5.02 Å². The van der Waals surface area contributed by atoms with Crippen molar-refractivity contribution in [2.75, 3.05) is 0 Å². The van der Waals surface area contributed by atoms with Gasteiger partial charge < -0.3 is 4.42 Å². The summed E-state index contributed by atoms with van der Waals surface area (Å²) < 4.78 is 6.47. The first-order chi connectivity index (χ1) is 12.3. The fourth-order valence-corrected chi connectivity index (χ4v) is 3.16. The minimum Gasteiger partial charge on any atom is -0.423 e. The lowest BCUT2D eigenvalue weighted by Crippen LogP contribution is -2.28. The molecule has 1 aromatic carbocycles. The molecule has 0 unspecified atom stereocenters. The van der Waals surface area contributed by atoms with Gasteiger partial charge in [-0.3, -0.25) is 4.79 Å². The number of nitriles is 1. The van der Waals surface area contributed by atoms with Gasteiger partial charge in [0.2, 0.25) is 0 Å². The zero-order valence-corrected chi connectivity index (χ0v) is 15.3. The fourth-order valence-electron chi connectivity index (χ4n) is 2.86. The van der Waals surface area contributed by atoms with E-state index in [9.17, 15) is 14.9 Å². The Hall–Kier alpha value is -2.91. The Morgan fingerprint density at radius 3 is 2.62 bits per heavy atom. The molecule has 0 atom stereocenters. The van der Waals surface area contributed by atoms with Gasteiger partial charge in [-0.05, 0) is 49.1 Å². The van der Waals surface area contributed by atoms with Crippen molar-refractivity contribution >= 4 is 22.6 Å². The van der Waals surface area contributed by atoms with Crippen LogP contribution in [0.15, 0.2) is 32.2 Å². The first-order valence-corrected chi connectivity index (χ1v) is 8.47. The van der Waals surface area contributed by atoms with Crippen molar-refractivity contribution in [2.45, 2.75) is 33.7 Å². The van der Waals surface area contributed by atoms with Crippen LogP contribution in [0.3, 0.4) is 0 Å². The van der Waals surface area contributed by atoms with Gasteiger partial charge in [0, 0.05) is 16.5 Å². The molecular formula is C19H16ClN3O3. The SMILES string of the molecule is CCc1cc2oc(=O)cc(Cn3nc(C)c(C)c(C#N)c3=O)c2cc1Cl. The van der Waals surface area contributed by atoms with Crippen LogP contribution in [0, 0.1) is 25.2 Å². The summed E-state index contributed by atoms with van der Waals surface area (Å²) in [4.78, 5) is 24.5. The van der Waals surface area contributed by atoms with Crippen molar-refractivity contribution in [3.63, 3.8) is 0 Å². The number of hydrogen-bond donors (Lipinski definition) is 0. The molecule has 26 heavy (non-hydrogen) atoms. The molecule has 0 fully saturated rings. The summed E-state index contributed by atoms with van der Waals surface area (Å²) in [6.45, 7) is 5.41. The van der Waals surface area contributed by atoms with Crippen molar-refractivity contribution in [3.05, 3.63) is 71.9 Å². The predicted molar refractivity (Wildman–Crippen MR) is 98.7 cm³/mol. The van der Waals surface area contributed by atoms with Crippen LogP contribution in [0.1, 0.15) is 34.9 Å². The Labute approximate surface area is 154 Å². The minimum atomic E-state index is -0.519. The number of benzene rings is 1. The number of hydrogen-bond acceptors (Lipinski definition) is 5. The summed E-state index contributed by atoms with van der Waals surface area (Å²) in [6.07, 6.45) is 0.701. The van der Waals surface area contributed by atoms with E-state index in [-0.39, 0.29) is 12.1 Å². The van der Waals surface area contributed by atoms with E-state index in [0.29, 0.717) is 39.2 Å². The Balaban J connectivity index is 2.24. The number of aromatic nitrogens is 2. The molecule has 0 aliphatic rings. The van der Waals surface area contributed by atoms with E-state index < -0.39 is 11.2 Å². The normalized spacial score (nSPS) is 10.9. The molecule has 0 amide bonds. The highest BCUT2D eigenvalue weighted by atomic mass is 35.5. The average molecular weight is 370 g/mol. The maximum atomic E-state index is 12.5. The lowest BCUT2D eigenvalue weighted by Gasteiger charge is -2.11. The number of halogens is 1. The zero-order valence-electron chi connectivity index (χ0n) is 14.6. The van der Waals surface area contributed by atoms with E-state index in [0.717, 1.165) is 5.56 Å². The summed E-state index contributed by atoms with van der Waals surface area (Å²) in [5.41, 5.74) is 2.02. The van der Waals surface area contributed by atoms with E-state index in [1.54, 1.807) is 26.0 Å². The molecule has 2 heterocycles. The molecule has 2 aromatic heterocycles. The van der Waals surface area contributed by atoms with Gasteiger partial charge in [0.15, 0.2) is 0 Å². The molecule has 0 N–H and O–H groups in total. The molecule has 3 aromatic rings. The van der Waals surface area contributed by atoms with Crippen LogP contribution in [0.4, 0.5) is 0 Å². The van der Waals surface area contributed by atoms with Crippen LogP contribution >= 0.6 is 11.6 Å². The fraction of sp³-hybridized carbons (Fsp3) is 0.263. The van der Waals surface area contributed by atoms with E-state index >= 15 is 0 Å². The van der Waals surface area contributed by atoms with Crippen molar-refractivity contribution in [3.8, 4) is 6.07 Å². The molecular weight excluding hydrogens is 354 g/mol. The predicted octanol–water partition coefficient (Wildman–Crippen LogP) is 3.10. The van der Waals surface area contributed by atoms with Gasteiger partial charge in [0.05, 0.1) is 12.2 Å². The summed E-state index contributed by atoms with van der Waals surface area (Å²) in [6, 6.07) is 6.71. The number of aryl methyl sites for hydroxylation is 2. The largest absolute Gasteiger partial charge is 0.423 e. The Morgan fingerprint density at radius 2 is 1.96 bits per heavy atom. The van der Waals surface area contributed by atoms with E-state index in [1.807, 2.05) is 13.0 Å². The molecule has 0 saturated heterocycles. The average Bonchev–Trinajstić information content (AvgIpc) is 2.60. The number of nitrogens with zero attached hydrogens (tertiary/aromatic N) is 3. The van der Waals surface area contributed by atoms with Gasteiger partial charge in [-0.15, -0.1) is 0 Å². The first kappa shape index (κ1) is 17.9. The lowest BCUT2D eigenvalue weighted by molar-refractivity contribution is 0.553. The van der Waals surface area contributed by atoms with Gasteiger partial charge in [-0.1, -0.05) is 18.5 Å². The molecule has 0 saturated carbocycles. The first-order valence-electron chi connectivity index (χ1n) is 8.09. The molecule has 132 valence electrons. The Morgan fingerprint density at radius 1 is 1.23 bits per heavy atom. The molecule has 0 bridgehead atoms. The van der Waals surface area contributed by atoms with Gasteiger partial charge in [-0.25, -0.2) is 9.48 Å². The van der Waals surface area contributed by atoms with Gasteiger partial charge in [0.25, 0.3) is 5.56 Å². The molecule has 0 radical (unpaired) electrons. The van der Waals surface area contributed by atoms with Gasteiger partial charge in [0.1, 0.15) is 17.2 Å². The maximum Gasteiger partial charge on any atom is 0.336 e. The van der Waals surface area contributed by atoms with Crippen molar-refractivity contribution in [1.82, 2.24) is 9.78 Å². The van der Waals surface area contributed by atoms with Crippen LogP contribution in [-0.2, 0) is 13.0 Å². The third kappa shape index (κ3) is 3.02. The van der Waals surface area contributed by atoms with Crippen molar-refractivity contribution < 1.29 is 4.42 Å². The van der Waals surface area contributed by atoms with E-state index in [1.165, 1.54) is 10.7 Å². The van der Waals surface area contributed by atoms with Crippen molar-refractivity contribution in [2.24, 2.45) is 0 Å². The maximum absolute atomic E-state index is 12.5. The highest BCUT2D eigenvalue weighted by molar-refractivity contribution is 6.32. The van der Waals surface area contributed by atoms with Gasteiger partial charge >= 0.3 is 5.63 Å². The standard InChI is InChI=1S/C19H16ClN3O3/c1-4-12-5-17-14(7-16(12)20)13(6-18(24)26-17)9-23-19(25)15(8-21)10(2)11(3)22-23/h5-7H,4,9H2,1-3H3. The minimum absolute atomic E-state index is 0.0402. The lowest BCUT2D eigenvalue weighted by atomic mass is 10.1. The van der Waals surface area contributed by atoms with Crippen LogP contribution in [0.5, 0.6) is 0 Å². The molecule has 0 aliphatic heterocycles. The topological polar surface area (TPSA) is 88.9 Å². The second-order valence-corrected chi connectivity index (χ2v) is 6.45. The quantitative estimate of drug-likeness (QED) is 0.662. The van der Waals surface area contributed by atoms with Crippen LogP contribution < -0.4 is 11.2 Å². The number of fused-ring (bicyclic) bond motifs is 1. The molecule has 7 heteroatoms. The zero-order chi connectivity index (χ0) is 19.0. The smallest absolute Gasteiger partial charge is 0.336 e. The number of rotatable bonds is 3. The van der Waals surface area contributed by atoms with E-state index in [4.69, 9.17) is 16.0 Å². The second kappa shape index (κ2) is 6.77. The molecule has 0 spiro atoms. The van der Waals surface area contributed by atoms with Crippen LogP contribution in [-0.4, -0.2) is 9.78 Å². The summed E-state index contributed by atoms with van der Waals surface area (Å²) in [7, 11) is 0. The van der Waals surface area contributed by atoms with Crippen molar-refractivity contribution in [1.29, 1.82) is 5.26 Å². The highest BCUT2D eigenvalue weighted by Crippen LogP contribution is 2.26. The third-order valence-corrected chi connectivity index (χ3v) is 4.80. The summed E-state index contributed by atoms with van der Waals surface area (Å²) >= 11 is 6.30. The Bertz CT molecular complexity index is 1190. The summed E-state index contributed by atoms with van der Waals surface area (Å²) in [5, 5.41) is 14.7. The molecule has 3 rings (SSSR count).